The molecule has 2 N–H and O–H groups in total. The molecule has 0 radical (unpaired) electrons. The molecule has 0 aliphatic heterocycles. The van der Waals surface area contributed by atoms with Crippen LogP contribution in [0.5, 0.6) is 0 Å². The first-order chi connectivity index (χ1) is 5.68. The van der Waals surface area contributed by atoms with E-state index in [9.17, 15) is 0 Å². The van der Waals surface area contributed by atoms with Crippen molar-refractivity contribution in [2.75, 3.05) is 6.54 Å². The first-order valence-electron chi connectivity index (χ1n) is 4.95. The third kappa shape index (κ3) is 3.24. The Hall–Kier alpha value is -0.530. The molecule has 0 unspecified atom stereocenters. The van der Waals surface area contributed by atoms with Crippen molar-refractivity contribution in [2.45, 2.75) is 39.5 Å². The average molecular weight is 168 g/mol. The number of hydrogen-bond acceptors (Lipinski definition) is 1. The van der Waals surface area contributed by atoms with E-state index in [0.717, 1.165) is 24.2 Å². The van der Waals surface area contributed by atoms with Gasteiger partial charge in [-0.2, -0.15) is 0 Å². The Morgan fingerprint density at radius 1 is 1.33 bits per heavy atom. The fourth-order valence-corrected chi connectivity index (χ4v) is 1.78. The van der Waals surface area contributed by atoms with Crippen LogP contribution in [-0.2, 0) is 0 Å². The highest BCUT2D eigenvalue weighted by Gasteiger charge is 2.17. The standard InChI is InChI=1S/C10H20N2/c1-8-3-5-10(6-4-8)7-12-9(2)11/h8,10H,3-7H2,1-2H3,(H2,11,12). The van der Waals surface area contributed by atoms with Gasteiger partial charge in [0, 0.05) is 6.54 Å². The van der Waals surface area contributed by atoms with Crippen molar-refractivity contribution in [1.82, 2.24) is 0 Å². The third-order valence-corrected chi connectivity index (χ3v) is 2.73. The topological polar surface area (TPSA) is 38.4 Å². The van der Waals surface area contributed by atoms with Crippen LogP contribution in [0.15, 0.2) is 4.99 Å². The average Bonchev–Trinajstić information content (AvgIpc) is 2.03. The van der Waals surface area contributed by atoms with Gasteiger partial charge in [-0.25, -0.2) is 0 Å². The summed E-state index contributed by atoms with van der Waals surface area (Å²) >= 11 is 0. The molecule has 0 bridgehead atoms. The molecule has 0 aromatic rings. The van der Waals surface area contributed by atoms with E-state index in [2.05, 4.69) is 11.9 Å². The molecule has 0 atom stereocenters. The fraction of sp³-hybridized carbons (Fsp3) is 0.900. The summed E-state index contributed by atoms with van der Waals surface area (Å²) in [6.07, 6.45) is 5.45. The van der Waals surface area contributed by atoms with Gasteiger partial charge in [0.15, 0.2) is 0 Å². The second-order valence-electron chi connectivity index (χ2n) is 4.11. The molecule has 12 heavy (non-hydrogen) atoms. The number of rotatable bonds is 2. The van der Waals surface area contributed by atoms with Crippen LogP contribution in [0.4, 0.5) is 0 Å². The lowest BCUT2D eigenvalue weighted by Gasteiger charge is -2.24. The van der Waals surface area contributed by atoms with Crippen molar-refractivity contribution in [2.24, 2.45) is 22.6 Å². The van der Waals surface area contributed by atoms with Crippen molar-refractivity contribution < 1.29 is 0 Å². The molecule has 1 aliphatic rings. The zero-order valence-electron chi connectivity index (χ0n) is 8.21. The van der Waals surface area contributed by atoms with E-state index in [1.54, 1.807) is 0 Å². The maximum atomic E-state index is 5.49. The number of nitrogens with two attached hydrogens (primary N) is 1. The van der Waals surface area contributed by atoms with E-state index in [1.165, 1.54) is 25.7 Å². The molecule has 1 rings (SSSR count). The maximum absolute atomic E-state index is 5.49. The summed E-state index contributed by atoms with van der Waals surface area (Å²) in [7, 11) is 0. The fourth-order valence-electron chi connectivity index (χ4n) is 1.78. The van der Waals surface area contributed by atoms with Gasteiger partial charge in [0.05, 0.1) is 5.84 Å². The van der Waals surface area contributed by atoms with Crippen LogP contribution in [0.25, 0.3) is 0 Å². The van der Waals surface area contributed by atoms with Gasteiger partial charge in [-0.3, -0.25) is 4.99 Å². The molecule has 1 aliphatic carbocycles. The lowest BCUT2D eigenvalue weighted by Crippen LogP contribution is -2.16. The van der Waals surface area contributed by atoms with E-state index in [0.29, 0.717) is 0 Å². The Kier molecular flexibility index (Phi) is 3.57. The molecule has 0 heterocycles. The Morgan fingerprint density at radius 3 is 2.42 bits per heavy atom. The van der Waals surface area contributed by atoms with E-state index in [1.807, 2.05) is 6.92 Å². The molecule has 0 saturated heterocycles. The smallest absolute Gasteiger partial charge is 0.0905 e. The number of aliphatic imine (C=N–C) groups is 1. The van der Waals surface area contributed by atoms with Crippen LogP contribution in [0, 0.1) is 11.8 Å². The second-order valence-corrected chi connectivity index (χ2v) is 4.11. The molecule has 0 amide bonds. The lowest BCUT2D eigenvalue weighted by atomic mass is 9.83. The van der Waals surface area contributed by atoms with Crippen molar-refractivity contribution >= 4 is 5.84 Å². The monoisotopic (exact) mass is 168 g/mol. The van der Waals surface area contributed by atoms with Crippen LogP contribution >= 0.6 is 0 Å². The van der Waals surface area contributed by atoms with Crippen molar-refractivity contribution in [3.05, 3.63) is 0 Å². The van der Waals surface area contributed by atoms with Crippen molar-refractivity contribution in [1.29, 1.82) is 0 Å². The summed E-state index contributed by atoms with van der Waals surface area (Å²) in [4.78, 5) is 4.27. The largest absolute Gasteiger partial charge is 0.388 e. The van der Waals surface area contributed by atoms with E-state index < -0.39 is 0 Å². The van der Waals surface area contributed by atoms with Gasteiger partial charge in [-0.15, -0.1) is 0 Å². The van der Waals surface area contributed by atoms with E-state index in [4.69, 9.17) is 5.73 Å². The van der Waals surface area contributed by atoms with E-state index >= 15 is 0 Å². The van der Waals surface area contributed by atoms with Gasteiger partial charge < -0.3 is 5.73 Å². The van der Waals surface area contributed by atoms with Crippen LogP contribution in [0.3, 0.4) is 0 Å². The first kappa shape index (κ1) is 9.56. The number of amidine groups is 1. The summed E-state index contributed by atoms with van der Waals surface area (Å²) in [6, 6.07) is 0. The van der Waals surface area contributed by atoms with Crippen molar-refractivity contribution in [3.8, 4) is 0 Å². The van der Waals surface area contributed by atoms with Gasteiger partial charge >= 0.3 is 0 Å². The molecule has 70 valence electrons. The summed E-state index contributed by atoms with van der Waals surface area (Å²) in [5.74, 6) is 2.47. The van der Waals surface area contributed by atoms with Crippen molar-refractivity contribution in [3.63, 3.8) is 0 Å². The SMILES string of the molecule is CC(N)=NCC1CCC(C)CC1. The Morgan fingerprint density at radius 2 is 1.92 bits per heavy atom. The molecule has 2 nitrogen and oxygen atoms in total. The molecule has 0 aromatic heterocycles. The Bertz CT molecular complexity index is 151. The van der Waals surface area contributed by atoms with Gasteiger partial charge in [-0.05, 0) is 31.6 Å². The predicted molar refractivity (Wildman–Crippen MR) is 53.3 cm³/mol. The molecule has 1 fully saturated rings. The minimum absolute atomic E-state index is 0.730. The quantitative estimate of drug-likeness (QED) is 0.498. The maximum Gasteiger partial charge on any atom is 0.0905 e. The van der Waals surface area contributed by atoms with Crippen LogP contribution in [0.2, 0.25) is 0 Å². The Labute approximate surface area is 75.3 Å². The lowest BCUT2D eigenvalue weighted by molar-refractivity contribution is 0.296. The minimum atomic E-state index is 0.730. The normalized spacial score (nSPS) is 32.0. The zero-order chi connectivity index (χ0) is 8.97. The van der Waals surface area contributed by atoms with Gasteiger partial charge in [0.25, 0.3) is 0 Å². The minimum Gasteiger partial charge on any atom is -0.388 e. The summed E-state index contributed by atoms with van der Waals surface area (Å²) in [6.45, 7) is 5.16. The zero-order valence-corrected chi connectivity index (χ0v) is 8.21. The van der Waals surface area contributed by atoms with Gasteiger partial charge in [0.1, 0.15) is 0 Å². The van der Waals surface area contributed by atoms with Gasteiger partial charge in [0.2, 0.25) is 0 Å². The molecule has 0 aromatic carbocycles. The highest BCUT2D eigenvalue weighted by atomic mass is 14.8. The van der Waals surface area contributed by atoms with Crippen LogP contribution in [-0.4, -0.2) is 12.4 Å². The highest BCUT2D eigenvalue weighted by Crippen LogP contribution is 2.28. The molecular weight excluding hydrogens is 148 g/mol. The first-order valence-corrected chi connectivity index (χ1v) is 4.95. The molecule has 1 saturated carbocycles. The highest BCUT2D eigenvalue weighted by molar-refractivity contribution is 5.77. The third-order valence-electron chi connectivity index (χ3n) is 2.73. The van der Waals surface area contributed by atoms with Gasteiger partial charge in [-0.1, -0.05) is 19.8 Å². The summed E-state index contributed by atoms with van der Waals surface area (Å²) < 4.78 is 0. The number of nitrogens with zero attached hydrogens (tertiary/aromatic N) is 1. The molecular formula is C10H20N2. The van der Waals surface area contributed by atoms with Crippen LogP contribution in [0.1, 0.15) is 39.5 Å². The second kappa shape index (κ2) is 4.48. The van der Waals surface area contributed by atoms with E-state index in [-0.39, 0.29) is 0 Å². The molecule has 2 heteroatoms. The summed E-state index contributed by atoms with van der Waals surface area (Å²) in [5.41, 5.74) is 5.49. The predicted octanol–water partition coefficient (Wildman–Crippen LogP) is 2.19. The Balaban J connectivity index is 2.22. The number of hydrogen-bond donors (Lipinski definition) is 1. The summed E-state index contributed by atoms with van der Waals surface area (Å²) in [5, 5.41) is 0. The molecule has 0 spiro atoms. The van der Waals surface area contributed by atoms with Crippen LogP contribution < -0.4 is 5.73 Å².